The lowest BCUT2D eigenvalue weighted by molar-refractivity contribution is 0.363. The maximum absolute atomic E-state index is 6.25. The zero-order valence-corrected chi connectivity index (χ0v) is 13.1. The van der Waals surface area contributed by atoms with Crippen LogP contribution in [0.1, 0.15) is 24.1 Å². The third-order valence-electron chi connectivity index (χ3n) is 3.33. The van der Waals surface area contributed by atoms with E-state index in [0.717, 1.165) is 11.1 Å². The second kappa shape index (κ2) is 7.87. The molecule has 0 heterocycles. The average molecular weight is 302 g/mol. The number of ether oxygens (including phenoxy) is 1. The second-order valence-electron chi connectivity index (χ2n) is 4.82. The predicted octanol–water partition coefficient (Wildman–Crippen LogP) is 4.71. The van der Waals surface area contributed by atoms with Crippen molar-refractivity contribution in [2.45, 2.75) is 13.0 Å². The molecule has 0 aromatic heterocycles. The minimum atomic E-state index is 0.273. The minimum Gasteiger partial charge on any atom is -0.488 e. The first kappa shape index (κ1) is 15.6. The highest BCUT2D eigenvalue weighted by Gasteiger charge is 2.06. The largest absolute Gasteiger partial charge is 0.488 e. The Labute approximate surface area is 131 Å². The molecule has 0 amide bonds. The van der Waals surface area contributed by atoms with E-state index in [0.29, 0.717) is 17.4 Å². The van der Waals surface area contributed by atoms with Gasteiger partial charge in [-0.05, 0) is 43.3 Å². The lowest BCUT2D eigenvalue weighted by atomic mass is 10.1. The molecule has 0 radical (unpaired) electrons. The SMILES string of the molecule is CNC(C)c1ccc(OC/C=C/c2ccccc2)c(Cl)c1. The molecule has 2 rings (SSSR count). The van der Waals surface area contributed by atoms with Crippen molar-refractivity contribution in [2.24, 2.45) is 0 Å². The summed E-state index contributed by atoms with van der Waals surface area (Å²) in [5, 5.41) is 3.83. The van der Waals surface area contributed by atoms with Crippen LogP contribution < -0.4 is 10.1 Å². The van der Waals surface area contributed by atoms with Crippen LogP contribution in [-0.2, 0) is 0 Å². The first-order chi connectivity index (χ1) is 10.2. The van der Waals surface area contributed by atoms with Gasteiger partial charge in [-0.3, -0.25) is 0 Å². The van der Waals surface area contributed by atoms with E-state index in [1.54, 1.807) is 0 Å². The lowest BCUT2D eigenvalue weighted by Crippen LogP contribution is -2.12. The van der Waals surface area contributed by atoms with E-state index in [4.69, 9.17) is 16.3 Å². The van der Waals surface area contributed by atoms with Crippen molar-refractivity contribution in [3.05, 3.63) is 70.8 Å². The normalized spacial score (nSPS) is 12.5. The number of hydrogen-bond donors (Lipinski definition) is 1. The summed E-state index contributed by atoms with van der Waals surface area (Å²) in [6.45, 7) is 2.59. The summed E-state index contributed by atoms with van der Waals surface area (Å²) in [5.41, 5.74) is 2.31. The fourth-order valence-corrected chi connectivity index (χ4v) is 2.20. The maximum Gasteiger partial charge on any atom is 0.138 e. The van der Waals surface area contributed by atoms with Crippen LogP contribution in [0.5, 0.6) is 5.75 Å². The van der Waals surface area contributed by atoms with Gasteiger partial charge in [0.05, 0.1) is 5.02 Å². The van der Waals surface area contributed by atoms with E-state index < -0.39 is 0 Å². The Morgan fingerprint density at radius 1 is 1.19 bits per heavy atom. The number of halogens is 1. The van der Waals surface area contributed by atoms with Gasteiger partial charge in [-0.1, -0.05) is 54.1 Å². The molecule has 0 saturated carbocycles. The summed E-state index contributed by atoms with van der Waals surface area (Å²) in [7, 11) is 1.93. The first-order valence-electron chi connectivity index (χ1n) is 7.02. The summed E-state index contributed by atoms with van der Waals surface area (Å²) >= 11 is 6.25. The quantitative estimate of drug-likeness (QED) is 0.834. The monoisotopic (exact) mass is 301 g/mol. The molecule has 0 aliphatic rings. The summed E-state index contributed by atoms with van der Waals surface area (Å²) in [6.07, 6.45) is 4.02. The summed E-state index contributed by atoms with van der Waals surface area (Å²) in [4.78, 5) is 0. The Hall–Kier alpha value is -1.77. The fraction of sp³-hybridized carbons (Fsp3) is 0.222. The topological polar surface area (TPSA) is 21.3 Å². The highest BCUT2D eigenvalue weighted by molar-refractivity contribution is 6.32. The third kappa shape index (κ3) is 4.62. The predicted molar refractivity (Wildman–Crippen MR) is 89.9 cm³/mol. The molecule has 0 aliphatic carbocycles. The molecule has 0 fully saturated rings. The van der Waals surface area contributed by atoms with Crippen LogP contribution in [-0.4, -0.2) is 13.7 Å². The summed E-state index contributed by atoms with van der Waals surface area (Å²) < 4.78 is 5.69. The van der Waals surface area contributed by atoms with Crippen molar-refractivity contribution in [2.75, 3.05) is 13.7 Å². The highest BCUT2D eigenvalue weighted by atomic mass is 35.5. The van der Waals surface area contributed by atoms with Gasteiger partial charge in [0, 0.05) is 6.04 Å². The maximum atomic E-state index is 6.25. The van der Waals surface area contributed by atoms with Crippen LogP contribution in [0.4, 0.5) is 0 Å². The number of rotatable bonds is 6. The molecule has 2 nitrogen and oxygen atoms in total. The summed E-state index contributed by atoms with van der Waals surface area (Å²) in [5.74, 6) is 0.710. The Morgan fingerprint density at radius 3 is 2.62 bits per heavy atom. The molecule has 0 spiro atoms. The zero-order chi connectivity index (χ0) is 15.1. The third-order valence-corrected chi connectivity index (χ3v) is 3.63. The van der Waals surface area contributed by atoms with Gasteiger partial charge < -0.3 is 10.1 Å². The van der Waals surface area contributed by atoms with Crippen LogP contribution >= 0.6 is 11.6 Å². The Kier molecular flexibility index (Phi) is 5.85. The van der Waals surface area contributed by atoms with E-state index in [1.165, 1.54) is 0 Å². The Bertz CT molecular complexity index is 595. The Morgan fingerprint density at radius 2 is 1.95 bits per heavy atom. The number of benzene rings is 2. The standard InChI is InChI=1S/C18H20ClNO/c1-14(20-2)16-10-11-18(17(19)13-16)21-12-6-9-15-7-4-3-5-8-15/h3-11,13-14,20H,12H2,1-2H3/b9-6+. The van der Waals surface area contributed by atoms with Gasteiger partial charge in [0.15, 0.2) is 0 Å². The van der Waals surface area contributed by atoms with E-state index in [2.05, 4.69) is 24.4 Å². The molecule has 1 N–H and O–H groups in total. The molecule has 1 unspecified atom stereocenters. The van der Waals surface area contributed by atoms with Gasteiger partial charge in [-0.15, -0.1) is 0 Å². The van der Waals surface area contributed by atoms with Gasteiger partial charge in [-0.2, -0.15) is 0 Å². The van der Waals surface area contributed by atoms with Crippen LogP contribution in [0, 0.1) is 0 Å². The molecular formula is C18H20ClNO. The van der Waals surface area contributed by atoms with Gasteiger partial charge in [0.25, 0.3) is 0 Å². The van der Waals surface area contributed by atoms with Crippen molar-refractivity contribution in [3.63, 3.8) is 0 Å². The molecule has 21 heavy (non-hydrogen) atoms. The van der Waals surface area contributed by atoms with E-state index in [-0.39, 0.29) is 6.04 Å². The van der Waals surface area contributed by atoms with Crippen LogP contribution in [0.2, 0.25) is 5.02 Å². The molecule has 1 atom stereocenters. The average Bonchev–Trinajstić information content (AvgIpc) is 2.53. The number of hydrogen-bond acceptors (Lipinski definition) is 2. The molecule has 0 bridgehead atoms. The molecule has 3 heteroatoms. The second-order valence-corrected chi connectivity index (χ2v) is 5.23. The van der Waals surface area contributed by atoms with Crippen molar-refractivity contribution >= 4 is 17.7 Å². The molecule has 0 aliphatic heterocycles. The van der Waals surface area contributed by atoms with Crippen molar-refractivity contribution in [1.82, 2.24) is 5.32 Å². The van der Waals surface area contributed by atoms with Crippen molar-refractivity contribution in [1.29, 1.82) is 0 Å². The van der Waals surface area contributed by atoms with Gasteiger partial charge in [0.2, 0.25) is 0 Å². The van der Waals surface area contributed by atoms with Gasteiger partial charge in [-0.25, -0.2) is 0 Å². The molecule has 0 saturated heterocycles. The van der Waals surface area contributed by atoms with E-state index in [1.807, 2.05) is 55.6 Å². The van der Waals surface area contributed by atoms with Crippen LogP contribution in [0.25, 0.3) is 6.08 Å². The molecule has 110 valence electrons. The highest BCUT2D eigenvalue weighted by Crippen LogP contribution is 2.27. The fourth-order valence-electron chi connectivity index (χ4n) is 1.96. The minimum absolute atomic E-state index is 0.273. The molecule has 2 aromatic carbocycles. The zero-order valence-electron chi connectivity index (χ0n) is 12.3. The lowest BCUT2D eigenvalue weighted by Gasteiger charge is -2.13. The summed E-state index contributed by atoms with van der Waals surface area (Å²) in [6, 6.07) is 16.3. The van der Waals surface area contributed by atoms with Crippen molar-refractivity contribution in [3.8, 4) is 5.75 Å². The first-order valence-corrected chi connectivity index (χ1v) is 7.39. The Balaban J connectivity index is 1.93. The van der Waals surface area contributed by atoms with Gasteiger partial charge >= 0.3 is 0 Å². The smallest absolute Gasteiger partial charge is 0.138 e. The molecular weight excluding hydrogens is 282 g/mol. The van der Waals surface area contributed by atoms with E-state index in [9.17, 15) is 0 Å². The van der Waals surface area contributed by atoms with E-state index >= 15 is 0 Å². The van der Waals surface area contributed by atoms with Crippen LogP contribution in [0.3, 0.4) is 0 Å². The van der Waals surface area contributed by atoms with Gasteiger partial charge in [0.1, 0.15) is 12.4 Å². The van der Waals surface area contributed by atoms with Crippen molar-refractivity contribution < 1.29 is 4.74 Å². The van der Waals surface area contributed by atoms with Crippen LogP contribution in [0.15, 0.2) is 54.6 Å². The number of nitrogens with one attached hydrogen (secondary N) is 1. The molecule has 2 aromatic rings.